The van der Waals surface area contributed by atoms with E-state index < -0.39 is 0 Å². The monoisotopic (exact) mass is 395 g/mol. The van der Waals surface area contributed by atoms with Crippen LogP contribution in [0.5, 0.6) is 5.75 Å². The fourth-order valence-electron chi connectivity index (χ4n) is 3.61. The van der Waals surface area contributed by atoms with Crippen LogP contribution in [-0.4, -0.2) is 49.1 Å². The van der Waals surface area contributed by atoms with Crippen LogP contribution in [0.15, 0.2) is 48.5 Å². The predicted molar refractivity (Wildman–Crippen MR) is 113 cm³/mol. The zero-order chi connectivity index (χ0) is 19.7. The molecule has 1 aromatic heterocycles. The van der Waals surface area contributed by atoms with E-state index in [-0.39, 0.29) is 5.91 Å². The van der Waals surface area contributed by atoms with Crippen molar-refractivity contribution in [1.29, 1.82) is 0 Å². The molecule has 4 rings (SSSR count). The van der Waals surface area contributed by atoms with Crippen LogP contribution in [0.25, 0.3) is 10.9 Å². The lowest BCUT2D eigenvalue weighted by Gasteiger charge is -2.36. The summed E-state index contributed by atoms with van der Waals surface area (Å²) in [5, 5.41) is 1.63. The van der Waals surface area contributed by atoms with E-state index in [1.54, 1.807) is 7.11 Å². The molecule has 0 atom stereocenters. The minimum Gasteiger partial charge on any atom is -0.497 e. The van der Waals surface area contributed by atoms with E-state index in [0.29, 0.717) is 18.7 Å². The molecule has 0 radical (unpaired) electrons. The van der Waals surface area contributed by atoms with Gasteiger partial charge in [-0.25, -0.2) is 0 Å². The molecule has 1 amide bonds. The van der Waals surface area contributed by atoms with Crippen LogP contribution in [0.1, 0.15) is 16.1 Å². The Morgan fingerprint density at radius 2 is 1.86 bits per heavy atom. The number of hydrogen-bond acceptors (Lipinski definition) is 4. The molecule has 0 N–H and O–H groups in total. The smallest absolute Gasteiger partial charge is 0.255 e. The van der Waals surface area contributed by atoms with Crippen molar-refractivity contribution in [2.75, 3.05) is 38.2 Å². The molecule has 1 fully saturated rings. The number of amides is 1. The standard InChI is InChI=1S/C22H22ClN3O2/c1-15-20(13-16-12-19(28-2)6-7-21(16)24-15)22(27)26-10-8-25(9-11-26)18-5-3-4-17(23)14-18/h3-7,12-14H,8-11H2,1-2H3. The first-order valence-corrected chi connectivity index (χ1v) is 9.68. The van der Waals surface area contributed by atoms with E-state index in [4.69, 9.17) is 16.3 Å². The normalized spacial score (nSPS) is 14.4. The van der Waals surface area contributed by atoms with E-state index in [2.05, 4.69) is 9.88 Å². The number of pyridine rings is 1. The van der Waals surface area contributed by atoms with Gasteiger partial charge in [0.15, 0.2) is 0 Å². The van der Waals surface area contributed by atoms with Gasteiger partial charge < -0.3 is 14.5 Å². The van der Waals surface area contributed by atoms with Crippen LogP contribution in [0.4, 0.5) is 5.69 Å². The molecule has 28 heavy (non-hydrogen) atoms. The number of ether oxygens (including phenoxy) is 1. The maximum absolute atomic E-state index is 13.1. The molecular weight excluding hydrogens is 374 g/mol. The number of piperazine rings is 1. The highest BCUT2D eigenvalue weighted by molar-refractivity contribution is 6.30. The summed E-state index contributed by atoms with van der Waals surface area (Å²) in [5.74, 6) is 0.784. The highest BCUT2D eigenvalue weighted by atomic mass is 35.5. The molecule has 0 spiro atoms. The number of methoxy groups -OCH3 is 1. The second-order valence-corrected chi connectivity index (χ2v) is 7.38. The fraction of sp³-hybridized carbons (Fsp3) is 0.273. The molecule has 1 saturated heterocycles. The minimum atomic E-state index is 0.0282. The van der Waals surface area contributed by atoms with Gasteiger partial charge in [-0.05, 0) is 49.4 Å². The van der Waals surface area contributed by atoms with Gasteiger partial charge in [0.2, 0.25) is 0 Å². The Hall–Kier alpha value is -2.79. The summed E-state index contributed by atoms with van der Waals surface area (Å²) >= 11 is 6.10. The lowest BCUT2D eigenvalue weighted by Crippen LogP contribution is -2.49. The second-order valence-electron chi connectivity index (χ2n) is 6.94. The van der Waals surface area contributed by atoms with E-state index in [0.717, 1.165) is 46.1 Å². The maximum Gasteiger partial charge on any atom is 0.255 e. The van der Waals surface area contributed by atoms with Crippen molar-refractivity contribution in [3.05, 3.63) is 64.8 Å². The van der Waals surface area contributed by atoms with Gasteiger partial charge in [-0.1, -0.05) is 17.7 Å². The van der Waals surface area contributed by atoms with Gasteiger partial charge in [0.1, 0.15) is 5.75 Å². The van der Waals surface area contributed by atoms with Crippen molar-refractivity contribution < 1.29 is 9.53 Å². The van der Waals surface area contributed by atoms with E-state index in [1.807, 2.05) is 60.4 Å². The van der Waals surface area contributed by atoms with Crippen LogP contribution in [0.2, 0.25) is 5.02 Å². The highest BCUT2D eigenvalue weighted by Gasteiger charge is 2.24. The number of nitrogens with zero attached hydrogens (tertiary/aromatic N) is 3. The van der Waals surface area contributed by atoms with Crippen molar-refractivity contribution >= 4 is 34.1 Å². The number of fused-ring (bicyclic) bond motifs is 1. The number of anilines is 1. The number of rotatable bonds is 3. The summed E-state index contributed by atoms with van der Waals surface area (Å²) in [4.78, 5) is 21.9. The summed E-state index contributed by atoms with van der Waals surface area (Å²) in [7, 11) is 1.63. The molecular formula is C22H22ClN3O2. The van der Waals surface area contributed by atoms with Crippen molar-refractivity contribution in [3.63, 3.8) is 0 Å². The highest BCUT2D eigenvalue weighted by Crippen LogP contribution is 2.24. The number of hydrogen-bond donors (Lipinski definition) is 0. The van der Waals surface area contributed by atoms with Gasteiger partial charge in [0, 0.05) is 42.3 Å². The van der Waals surface area contributed by atoms with Gasteiger partial charge in [-0.2, -0.15) is 0 Å². The lowest BCUT2D eigenvalue weighted by molar-refractivity contribution is 0.0745. The lowest BCUT2D eigenvalue weighted by atomic mass is 10.1. The SMILES string of the molecule is COc1ccc2nc(C)c(C(=O)N3CCN(c4cccc(Cl)c4)CC3)cc2c1. The molecule has 1 aliphatic rings. The Morgan fingerprint density at radius 1 is 1.07 bits per heavy atom. The van der Waals surface area contributed by atoms with Gasteiger partial charge >= 0.3 is 0 Å². The number of benzene rings is 2. The predicted octanol–water partition coefficient (Wildman–Crippen LogP) is 4.17. The molecule has 0 aliphatic carbocycles. The van der Waals surface area contributed by atoms with Crippen LogP contribution in [0.3, 0.4) is 0 Å². The van der Waals surface area contributed by atoms with Crippen LogP contribution >= 0.6 is 11.6 Å². The Morgan fingerprint density at radius 3 is 2.57 bits per heavy atom. The van der Waals surface area contributed by atoms with Gasteiger partial charge in [-0.3, -0.25) is 9.78 Å². The molecule has 2 heterocycles. The zero-order valence-corrected chi connectivity index (χ0v) is 16.7. The van der Waals surface area contributed by atoms with E-state index in [9.17, 15) is 4.79 Å². The van der Waals surface area contributed by atoms with Crippen molar-refractivity contribution in [1.82, 2.24) is 9.88 Å². The third kappa shape index (κ3) is 3.62. The Kier molecular flexibility index (Phi) is 5.09. The number of aromatic nitrogens is 1. The number of carbonyl (C=O) groups is 1. The minimum absolute atomic E-state index is 0.0282. The summed E-state index contributed by atoms with van der Waals surface area (Å²) < 4.78 is 5.29. The molecule has 5 nitrogen and oxygen atoms in total. The van der Waals surface area contributed by atoms with E-state index in [1.165, 1.54) is 0 Å². The van der Waals surface area contributed by atoms with Gasteiger partial charge in [0.25, 0.3) is 5.91 Å². The molecule has 0 unspecified atom stereocenters. The molecule has 144 valence electrons. The van der Waals surface area contributed by atoms with Crippen molar-refractivity contribution in [2.24, 2.45) is 0 Å². The van der Waals surface area contributed by atoms with Gasteiger partial charge in [-0.15, -0.1) is 0 Å². The summed E-state index contributed by atoms with van der Waals surface area (Å²) in [6.45, 7) is 4.78. The fourth-order valence-corrected chi connectivity index (χ4v) is 3.79. The summed E-state index contributed by atoms with van der Waals surface area (Å²) in [6.07, 6.45) is 0. The number of carbonyl (C=O) groups excluding carboxylic acids is 1. The summed E-state index contributed by atoms with van der Waals surface area (Å²) in [5.41, 5.74) is 3.35. The quantitative estimate of drug-likeness (QED) is 0.667. The largest absolute Gasteiger partial charge is 0.497 e. The Labute approximate surface area is 169 Å². The number of aryl methyl sites for hydroxylation is 1. The maximum atomic E-state index is 13.1. The third-order valence-corrected chi connectivity index (χ3v) is 5.42. The first-order valence-electron chi connectivity index (χ1n) is 9.30. The zero-order valence-electron chi connectivity index (χ0n) is 16.0. The van der Waals surface area contributed by atoms with Crippen LogP contribution in [0, 0.1) is 6.92 Å². The molecule has 2 aromatic carbocycles. The molecule has 3 aromatic rings. The first-order chi connectivity index (χ1) is 13.5. The van der Waals surface area contributed by atoms with Crippen molar-refractivity contribution in [3.8, 4) is 5.75 Å². The average molecular weight is 396 g/mol. The first kappa shape index (κ1) is 18.6. The molecule has 0 bridgehead atoms. The second kappa shape index (κ2) is 7.68. The van der Waals surface area contributed by atoms with Crippen molar-refractivity contribution in [2.45, 2.75) is 6.92 Å². The number of halogens is 1. The average Bonchev–Trinajstić information content (AvgIpc) is 2.72. The van der Waals surface area contributed by atoms with E-state index >= 15 is 0 Å². The Bertz CT molecular complexity index is 1030. The molecule has 1 aliphatic heterocycles. The van der Waals surface area contributed by atoms with Crippen LogP contribution < -0.4 is 9.64 Å². The Balaban J connectivity index is 1.53. The molecule has 0 saturated carbocycles. The molecule has 6 heteroatoms. The third-order valence-electron chi connectivity index (χ3n) is 5.18. The van der Waals surface area contributed by atoms with Crippen LogP contribution in [-0.2, 0) is 0 Å². The topological polar surface area (TPSA) is 45.7 Å². The summed E-state index contributed by atoms with van der Waals surface area (Å²) in [6, 6.07) is 15.5. The van der Waals surface area contributed by atoms with Gasteiger partial charge in [0.05, 0.1) is 23.9 Å².